The van der Waals surface area contributed by atoms with Crippen molar-refractivity contribution in [1.29, 1.82) is 0 Å². The van der Waals surface area contributed by atoms with Gasteiger partial charge < -0.3 is 10.5 Å². The van der Waals surface area contributed by atoms with Crippen LogP contribution >= 0.6 is 0 Å². The number of ether oxygens (including phenoxy) is 1. The fourth-order valence-corrected chi connectivity index (χ4v) is 2.06. The summed E-state index contributed by atoms with van der Waals surface area (Å²) in [5.41, 5.74) is 7.11. The summed E-state index contributed by atoms with van der Waals surface area (Å²) in [5.74, 6) is 1.30. The molecule has 0 radical (unpaired) electrons. The zero-order valence-electron chi connectivity index (χ0n) is 9.86. The molecule has 0 saturated heterocycles. The van der Waals surface area contributed by atoms with Crippen molar-refractivity contribution in [2.24, 2.45) is 17.6 Å². The molecule has 2 saturated carbocycles. The maximum atomic E-state index is 13.6. The second-order valence-corrected chi connectivity index (χ2v) is 5.31. The van der Waals surface area contributed by atoms with Gasteiger partial charge in [0.2, 0.25) is 0 Å². The summed E-state index contributed by atoms with van der Waals surface area (Å²) >= 11 is 0. The van der Waals surface area contributed by atoms with E-state index < -0.39 is 0 Å². The summed E-state index contributed by atoms with van der Waals surface area (Å²) in [5, 5.41) is 0. The molecule has 1 aromatic carbocycles. The van der Waals surface area contributed by atoms with Crippen LogP contribution in [0.1, 0.15) is 37.3 Å². The van der Waals surface area contributed by atoms with Crippen molar-refractivity contribution in [2.75, 3.05) is 6.61 Å². The molecule has 2 N–H and O–H groups in total. The fourth-order valence-electron chi connectivity index (χ4n) is 2.06. The van der Waals surface area contributed by atoms with Crippen LogP contribution in [0, 0.1) is 17.7 Å². The summed E-state index contributed by atoms with van der Waals surface area (Å²) in [6.07, 6.45) is 4.80. The second kappa shape index (κ2) is 4.30. The quantitative estimate of drug-likeness (QED) is 0.851. The van der Waals surface area contributed by atoms with Crippen molar-refractivity contribution < 1.29 is 9.13 Å². The van der Waals surface area contributed by atoms with Crippen LogP contribution < -0.4 is 10.5 Å². The maximum Gasteiger partial charge on any atom is 0.165 e. The smallest absolute Gasteiger partial charge is 0.165 e. The number of halogens is 1. The first-order valence-corrected chi connectivity index (χ1v) is 6.42. The largest absolute Gasteiger partial charge is 0.490 e. The number of hydrogen-bond acceptors (Lipinski definition) is 2. The molecule has 2 aliphatic rings. The van der Waals surface area contributed by atoms with Crippen molar-refractivity contribution >= 4 is 0 Å². The third kappa shape index (κ3) is 2.60. The van der Waals surface area contributed by atoms with Crippen LogP contribution in [-0.2, 0) is 0 Å². The van der Waals surface area contributed by atoms with E-state index >= 15 is 0 Å². The molecule has 92 valence electrons. The van der Waals surface area contributed by atoms with Gasteiger partial charge in [-0.15, -0.1) is 0 Å². The van der Waals surface area contributed by atoms with Gasteiger partial charge >= 0.3 is 0 Å². The molecule has 1 atom stereocenters. The van der Waals surface area contributed by atoms with E-state index in [0.717, 1.165) is 5.56 Å². The van der Waals surface area contributed by atoms with Gasteiger partial charge in [-0.1, -0.05) is 6.07 Å². The minimum atomic E-state index is -0.280. The molecule has 2 nitrogen and oxygen atoms in total. The summed E-state index contributed by atoms with van der Waals surface area (Å²) < 4.78 is 19.1. The summed E-state index contributed by atoms with van der Waals surface area (Å²) in [6.45, 7) is 0.638. The molecule has 0 spiro atoms. The molecule has 0 bridgehead atoms. The van der Waals surface area contributed by atoms with E-state index in [-0.39, 0.29) is 11.9 Å². The number of benzene rings is 1. The summed E-state index contributed by atoms with van der Waals surface area (Å²) in [4.78, 5) is 0. The van der Waals surface area contributed by atoms with E-state index in [9.17, 15) is 4.39 Å². The lowest BCUT2D eigenvalue weighted by Gasteiger charge is -2.13. The molecule has 0 aliphatic heterocycles. The van der Waals surface area contributed by atoms with E-state index in [4.69, 9.17) is 10.5 Å². The van der Waals surface area contributed by atoms with E-state index in [2.05, 4.69) is 0 Å². The first kappa shape index (κ1) is 11.0. The lowest BCUT2D eigenvalue weighted by molar-refractivity contribution is 0.284. The number of rotatable bonds is 5. The minimum Gasteiger partial charge on any atom is -0.490 e. The number of hydrogen-bond donors (Lipinski definition) is 1. The highest BCUT2D eigenvalue weighted by molar-refractivity contribution is 5.33. The highest BCUT2D eigenvalue weighted by Gasteiger charge is 2.30. The van der Waals surface area contributed by atoms with Crippen molar-refractivity contribution in [3.8, 4) is 5.75 Å². The van der Waals surface area contributed by atoms with Gasteiger partial charge in [0, 0.05) is 6.04 Å². The molecule has 0 amide bonds. The van der Waals surface area contributed by atoms with Gasteiger partial charge in [-0.3, -0.25) is 0 Å². The predicted octanol–water partition coefficient (Wildman–Crippen LogP) is 3.02. The van der Waals surface area contributed by atoms with Gasteiger partial charge in [0.05, 0.1) is 6.61 Å². The Labute approximate surface area is 101 Å². The van der Waals surface area contributed by atoms with Crippen LogP contribution in [0.25, 0.3) is 0 Å². The Hall–Kier alpha value is -1.09. The average Bonchev–Trinajstić information content (AvgIpc) is 3.18. The van der Waals surface area contributed by atoms with Gasteiger partial charge in [-0.25, -0.2) is 4.39 Å². The van der Waals surface area contributed by atoms with Crippen LogP contribution in [0.15, 0.2) is 18.2 Å². The monoisotopic (exact) mass is 235 g/mol. The molecule has 1 aromatic rings. The van der Waals surface area contributed by atoms with Crippen LogP contribution in [0.3, 0.4) is 0 Å². The molecule has 2 aliphatic carbocycles. The Kier molecular flexibility index (Phi) is 2.79. The van der Waals surface area contributed by atoms with E-state index in [1.54, 1.807) is 12.1 Å². The Morgan fingerprint density at radius 3 is 2.71 bits per heavy atom. The van der Waals surface area contributed by atoms with Crippen LogP contribution in [-0.4, -0.2) is 6.61 Å². The second-order valence-electron chi connectivity index (χ2n) is 5.31. The Bertz CT molecular complexity index is 413. The van der Waals surface area contributed by atoms with Gasteiger partial charge in [0.25, 0.3) is 0 Å². The van der Waals surface area contributed by atoms with E-state index in [1.807, 2.05) is 0 Å². The Balaban J connectivity index is 1.72. The highest BCUT2D eigenvalue weighted by atomic mass is 19.1. The van der Waals surface area contributed by atoms with E-state index in [1.165, 1.54) is 31.7 Å². The van der Waals surface area contributed by atoms with Gasteiger partial charge in [0.1, 0.15) is 0 Å². The molecule has 3 rings (SSSR count). The molecule has 2 fully saturated rings. The first-order valence-electron chi connectivity index (χ1n) is 6.42. The third-order valence-corrected chi connectivity index (χ3v) is 3.64. The molecule has 0 heterocycles. The van der Waals surface area contributed by atoms with Crippen molar-refractivity contribution in [1.82, 2.24) is 0 Å². The average molecular weight is 235 g/mol. The van der Waals surface area contributed by atoms with Gasteiger partial charge in [0.15, 0.2) is 11.6 Å². The van der Waals surface area contributed by atoms with Crippen LogP contribution in [0.2, 0.25) is 0 Å². The first-order chi connectivity index (χ1) is 8.24. The minimum absolute atomic E-state index is 0.0406. The summed E-state index contributed by atoms with van der Waals surface area (Å²) in [6, 6.07) is 5.07. The van der Waals surface area contributed by atoms with Crippen molar-refractivity contribution in [3.05, 3.63) is 29.6 Å². The lowest BCUT2D eigenvalue weighted by atomic mass is 10.0. The topological polar surface area (TPSA) is 35.2 Å². The third-order valence-electron chi connectivity index (χ3n) is 3.64. The van der Waals surface area contributed by atoms with Crippen molar-refractivity contribution in [3.63, 3.8) is 0 Å². The van der Waals surface area contributed by atoms with Crippen LogP contribution in [0.4, 0.5) is 4.39 Å². The molecule has 17 heavy (non-hydrogen) atoms. The Morgan fingerprint density at radius 1 is 1.29 bits per heavy atom. The maximum absolute atomic E-state index is 13.6. The molecular weight excluding hydrogens is 217 g/mol. The van der Waals surface area contributed by atoms with E-state index in [0.29, 0.717) is 24.2 Å². The Morgan fingerprint density at radius 2 is 2.06 bits per heavy atom. The number of nitrogens with two attached hydrogens (primary N) is 1. The lowest BCUT2D eigenvalue weighted by Crippen LogP contribution is -2.13. The zero-order chi connectivity index (χ0) is 11.8. The fraction of sp³-hybridized carbons (Fsp3) is 0.571. The summed E-state index contributed by atoms with van der Waals surface area (Å²) in [7, 11) is 0. The highest BCUT2D eigenvalue weighted by Crippen LogP contribution is 2.40. The normalized spacial score (nSPS) is 21.3. The zero-order valence-corrected chi connectivity index (χ0v) is 9.86. The predicted molar refractivity (Wildman–Crippen MR) is 64.3 cm³/mol. The molecule has 0 aromatic heterocycles. The molecular formula is C14H18FNO. The molecule has 1 unspecified atom stereocenters. The molecule has 3 heteroatoms. The van der Waals surface area contributed by atoms with Gasteiger partial charge in [-0.2, -0.15) is 0 Å². The van der Waals surface area contributed by atoms with Gasteiger partial charge in [-0.05, 0) is 55.2 Å². The van der Waals surface area contributed by atoms with Crippen LogP contribution in [0.5, 0.6) is 5.75 Å². The SMILES string of the molecule is NC(c1ccc(F)c(OCC2CC2)c1)C1CC1. The van der Waals surface area contributed by atoms with Crippen molar-refractivity contribution in [2.45, 2.75) is 31.7 Å². The standard InChI is InChI=1S/C14H18FNO/c15-12-6-5-11(14(16)10-3-4-10)7-13(12)17-8-9-1-2-9/h5-7,9-10,14H,1-4,8,16H2.